The molecule has 2 heterocycles. The Bertz CT molecular complexity index is 1450. The number of rotatable bonds is 10. The highest BCUT2D eigenvalue weighted by molar-refractivity contribution is 5.94. The van der Waals surface area contributed by atoms with Gasteiger partial charge >= 0.3 is 6.09 Å². The molecule has 0 atom stereocenters. The Morgan fingerprint density at radius 1 is 0.933 bits per heavy atom. The van der Waals surface area contributed by atoms with Crippen LogP contribution in [0.3, 0.4) is 0 Å². The third kappa shape index (κ3) is 8.69. The molecule has 0 unspecified atom stereocenters. The van der Waals surface area contributed by atoms with Gasteiger partial charge in [-0.25, -0.2) is 4.79 Å². The Balaban J connectivity index is 1.04. The molecule has 0 radical (unpaired) electrons. The molecule has 238 valence electrons. The van der Waals surface area contributed by atoms with Crippen LogP contribution >= 0.6 is 0 Å². The van der Waals surface area contributed by atoms with Crippen molar-refractivity contribution in [2.75, 3.05) is 51.6 Å². The molecule has 2 aliphatic rings. The van der Waals surface area contributed by atoms with E-state index < -0.39 is 10.7 Å². The number of likely N-dealkylation sites (tertiary alicyclic amines) is 2. The average Bonchev–Trinajstić information content (AvgIpc) is 3.06. The number of carbonyl (C=O) groups is 3. The van der Waals surface area contributed by atoms with E-state index in [0.29, 0.717) is 43.7 Å². The van der Waals surface area contributed by atoms with Crippen LogP contribution in [0, 0.1) is 11.1 Å². The fourth-order valence-electron chi connectivity index (χ4n) is 6.15. The molecular weight excluding hydrogens is 570 g/mol. The fraction of sp³-hybridized carbons (Fsp3) is 0.400. The Morgan fingerprint density at radius 3 is 2.24 bits per heavy atom. The van der Waals surface area contributed by atoms with Gasteiger partial charge in [-0.05, 0) is 55.3 Å². The molecule has 2 saturated heterocycles. The molecule has 45 heavy (non-hydrogen) atoms. The number of primary amides is 1. The van der Waals surface area contributed by atoms with Crippen LogP contribution in [0.5, 0.6) is 0 Å². The van der Waals surface area contributed by atoms with Gasteiger partial charge in [-0.15, -0.1) is 0 Å². The maximum Gasteiger partial charge on any atom is 0.411 e. The number of piperidine rings is 2. The zero-order chi connectivity index (χ0) is 31.8. The van der Waals surface area contributed by atoms with Crippen LogP contribution in [0.15, 0.2) is 78.9 Å². The van der Waals surface area contributed by atoms with E-state index in [0.717, 1.165) is 49.2 Å². The number of amides is 3. The number of carbonyl (C=O) groups excluding carboxylic acids is 3. The average molecular weight is 614 g/mol. The van der Waals surface area contributed by atoms with Crippen LogP contribution in [0.25, 0.3) is 11.1 Å². The van der Waals surface area contributed by atoms with Crippen molar-refractivity contribution in [1.82, 2.24) is 9.80 Å². The van der Waals surface area contributed by atoms with E-state index in [-0.39, 0.29) is 30.4 Å². The molecule has 0 bridgehead atoms. The normalized spacial score (nSPS) is 20.7. The van der Waals surface area contributed by atoms with E-state index in [4.69, 9.17) is 10.5 Å². The Morgan fingerprint density at radius 2 is 1.58 bits per heavy atom. The van der Waals surface area contributed by atoms with Crippen LogP contribution in [-0.2, 0) is 16.1 Å². The smallest absolute Gasteiger partial charge is 0.411 e. The van der Waals surface area contributed by atoms with Crippen LogP contribution in [0.1, 0.15) is 41.6 Å². The number of likely N-dealkylation sites (N-methyl/N-ethyl adjacent to an activating group) is 1. The van der Waals surface area contributed by atoms with Gasteiger partial charge in [0.05, 0.1) is 31.9 Å². The first-order valence-corrected chi connectivity index (χ1v) is 15.7. The van der Waals surface area contributed by atoms with E-state index in [1.807, 2.05) is 78.9 Å². The van der Waals surface area contributed by atoms with Crippen molar-refractivity contribution in [3.05, 3.63) is 95.2 Å². The maximum atomic E-state index is 13.4. The van der Waals surface area contributed by atoms with Crippen LogP contribution < -0.4 is 11.1 Å². The highest BCUT2D eigenvalue weighted by Gasteiger charge is 2.30. The molecular formula is C35H43N5O5. The highest BCUT2D eigenvalue weighted by Crippen LogP contribution is 2.28. The molecule has 2 aliphatic heterocycles. The third-order valence-corrected chi connectivity index (χ3v) is 9.03. The number of hydrogen-bond donors (Lipinski definition) is 2. The van der Waals surface area contributed by atoms with Crippen molar-refractivity contribution in [2.45, 2.75) is 38.3 Å². The number of benzene rings is 3. The molecule has 0 aliphatic carbocycles. The van der Waals surface area contributed by atoms with E-state index in [2.05, 4.69) is 10.2 Å². The molecule has 2 fully saturated rings. The summed E-state index contributed by atoms with van der Waals surface area (Å²) in [5, 5.41) is 16.3. The lowest BCUT2D eigenvalue weighted by atomic mass is 9.96. The van der Waals surface area contributed by atoms with Crippen molar-refractivity contribution >= 4 is 23.6 Å². The monoisotopic (exact) mass is 613 g/mol. The zero-order valence-corrected chi connectivity index (χ0v) is 25.9. The predicted molar refractivity (Wildman–Crippen MR) is 174 cm³/mol. The molecule has 10 nitrogen and oxygen atoms in total. The standard InChI is InChI=1S/C35H43N5O5/c1-38(34(42)29-13-11-26(12-14-29)25-39-19-15-28(16-20-39)33(36)41)21-24-40(44)22-17-30(18-23-40)45-35(43)37-32-10-6-5-9-31(32)27-7-3-2-4-8-27/h2-14,28,30H,15-25H2,1H3,(H2,36,41)(H,37,43). The topological polar surface area (TPSA) is 128 Å². The first kappa shape index (κ1) is 32.2. The molecule has 3 aromatic carbocycles. The van der Waals surface area contributed by atoms with Gasteiger partial charge in [0, 0.05) is 43.5 Å². The lowest BCUT2D eigenvalue weighted by Crippen LogP contribution is -2.53. The number of quaternary nitrogens is 1. The van der Waals surface area contributed by atoms with Gasteiger partial charge in [0.25, 0.3) is 5.91 Å². The van der Waals surface area contributed by atoms with Gasteiger partial charge in [0.2, 0.25) is 5.91 Å². The van der Waals surface area contributed by atoms with Gasteiger partial charge < -0.3 is 25.2 Å². The minimum absolute atomic E-state index is 0.0346. The lowest BCUT2D eigenvalue weighted by molar-refractivity contribution is -0.885. The summed E-state index contributed by atoms with van der Waals surface area (Å²) >= 11 is 0. The second kappa shape index (κ2) is 14.7. The van der Waals surface area contributed by atoms with Gasteiger partial charge in [-0.3, -0.25) is 19.8 Å². The molecule has 0 saturated carbocycles. The van der Waals surface area contributed by atoms with Crippen molar-refractivity contribution in [1.29, 1.82) is 0 Å². The summed E-state index contributed by atoms with van der Waals surface area (Å²) in [6.45, 7) is 3.69. The van der Waals surface area contributed by atoms with E-state index in [1.54, 1.807) is 11.9 Å². The number of anilines is 1. The first-order valence-electron chi connectivity index (χ1n) is 15.7. The molecule has 10 heteroatoms. The second-order valence-corrected chi connectivity index (χ2v) is 12.2. The second-order valence-electron chi connectivity index (χ2n) is 12.2. The molecule has 0 spiro atoms. The molecule has 3 N–H and O–H groups in total. The van der Waals surface area contributed by atoms with Crippen LogP contribution in [-0.4, -0.2) is 84.8 Å². The summed E-state index contributed by atoms with van der Waals surface area (Å²) < 4.78 is 5.27. The number of nitrogens with zero attached hydrogens (tertiary/aromatic N) is 3. The first-order chi connectivity index (χ1) is 21.7. The zero-order valence-electron chi connectivity index (χ0n) is 25.9. The number of ether oxygens (including phenoxy) is 1. The third-order valence-electron chi connectivity index (χ3n) is 9.03. The SMILES string of the molecule is CN(CC[N+]1([O-])CCC(OC(=O)Nc2ccccc2-c2ccccc2)CC1)C(=O)c1ccc(CN2CCC(C(N)=O)CC2)cc1. The molecule has 3 aromatic rings. The summed E-state index contributed by atoms with van der Waals surface area (Å²) in [6, 6.07) is 25.0. The van der Waals surface area contributed by atoms with Crippen molar-refractivity contribution in [3.63, 3.8) is 0 Å². The Kier molecular flexibility index (Phi) is 10.5. The minimum atomic E-state index is -0.529. The number of nitrogens with one attached hydrogen (secondary N) is 1. The van der Waals surface area contributed by atoms with Crippen LogP contribution in [0.4, 0.5) is 10.5 Å². The van der Waals surface area contributed by atoms with E-state index in [9.17, 15) is 19.6 Å². The number of nitrogens with two attached hydrogens (primary N) is 1. The van der Waals surface area contributed by atoms with Crippen molar-refractivity contribution < 1.29 is 23.8 Å². The van der Waals surface area contributed by atoms with E-state index >= 15 is 0 Å². The van der Waals surface area contributed by atoms with Crippen molar-refractivity contribution in [2.24, 2.45) is 11.7 Å². The van der Waals surface area contributed by atoms with Gasteiger partial charge in [-0.1, -0.05) is 60.7 Å². The quantitative estimate of drug-likeness (QED) is 0.249. The maximum absolute atomic E-state index is 13.4. The van der Waals surface area contributed by atoms with E-state index in [1.165, 1.54) is 0 Å². The molecule has 0 aromatic heterocycles. The largest absolute Gasteiger partial charge is 0.633 e. The highest BCUT2D eigenvalue weighted by atomic mass is 16.6. The summed E-state index contributed by atoms with van der Waals surface area (Å²) in [4.78, 5) is 41.1. The van der Waals surface area contributed by atoms with Crippen molar-refractivity contribution in [3.8, 4) is 11.1 Å². The summed E-state index contributed by atoms with van der Waals surface area (Å²) in [7, 11) is 1.72. The van der Waals surface area contributed by atoms with Gasteiger partial charge in [0.1, 0.15) is 6.10 Å². The fourth-order valence-corrected chi connectivity index (χ4v) is 6.15. The number of hydrogen-bond acceptors (Lipinski definition) is 6. The lowest BCUT2D eigenvalue weighted by Gasteiger charge is -2.47. The van der Waals surface area contributed by atoms with Crippen LogP contribution in [0.2, 0.25) is 0 Å². The summed E-state index contributed by atoms with van der Waals surface area (Å²) in [5.41, 5.74) is 9.69. The predicted octanol–water partition coefficient (Wildman–Crippen LogP) is 4.85. The van der Waals surface area contributed by atoms with Gasteiger partial charge in [0.15, 0.2) is 0 Å². The Labute approximate surface area is 264 Å². The number of para-hydroxylation sites is 1. The molecule has 5 rings (SSSR count). The Hall–Kier alpha value is -4.25. The van der Waals surface area contributed by atoms with Gasteiger partial charge in [-0.2, -0.15) is 0 Å². The summed E-state index contributed by atoms with van der Waals surface area (Å²) in [6.07, 6.45) is 1.64. The number of hydroxylamine groups is 3. The minimum Gasteiger partial charge on any atom is -0.633 e. The molecule has 3 amide bonds. The summed E-state index contributed by atoms with van der Waals surface area (Å²) in [5.74, 6) is -0.375.